The van der Waals surface area contributed by atoms with Crippen LogP contribution in [0.25, 0.3) is 22.0 Å². The van der Waals surface area contributed by atoms with Crippen molar-refractivity contribution in [3.8, 4) is 17.0 Å². The number of fused-ring (bicyclic) bond motifs is 1. The van der Waals surface area contributed by atoms with Crippen molar-refractivity contribution in [1.82, 2.24) is 19.9 Å². The van der Waals surface area contributed by atoms with Crippen molar-refractivity contribution in [1.29, 1.82) is 0 Å². The number of carbonyl (C=O) groups excluding carboxylic acids is 1. The second kappa shape index (κ2) is 9.04. The Kier molecular flexibility index (Phi) is 5.84. The van der Waals surface area contributed by atoms with Gasteiger partial charge in [-0.3, -0.25) is 10.1 Å². The number of nitrogens with zero attached hydrogens (tertiary/aromatic N) is 4. The maximum absolute atomic E-state index is 12.4. The second-order valence-electron chi connectivity index (χ2n) is 6.60. The zero-order chi connectivity index (χ0) is 21.6. The summed E-state index contributed by atoms with van der Waals surface area (Å²) in [7, 11) is 3.39. The van der Waals surface area contributed by atoms with E-state index in [2.05, 4.69) is 35.9 Å². The van der Waals surface area contributed by atoms with Crippen molar-refractivity contribution in [3.63, 3.8) is 0 Å². The summed E-state index contributed by atoms with van der Waals surface area (Å²) in [5.74, 6) is 1.26. The molecule has 0 aliphatic rings. The van der Waals surface area contributed by atoms with Crippen LogP contribution in [0, 0.1) is 0 Å². The van der Waals surface area contributed by atoms with Crippen LogP contribution in [0.15, 0.2) is 61.1 Å². The Morgan fingerprint density at radius 3 is 2.58 bits per heavy atom. The van der Waals surface area contributed by atoms with Crippen LogP contribution >= 0.6 is 0 Å². The molecule has 0 fully saturated rings. The molecule has 0 atom stereocenters. The van der Waals surface area contributed by atoms with Crippen LogP contribution in [0.2, 0.25) is 0 Å². The minimum atomic E-state index is -0.257. The lowest BCUT2D eigenvalue weighted by Gasteiger charge is -2.14. The lowest BCUT2D eigenvalue weighted by Crippen LogP contribution is -2.22. The topological polar surface area (TPSA) is 114 Å². The zero-order valence-corrected chi connectivity index (χ0v) is 17.1. The minimum absolute atomic E-state index is 0.0412. The van der Waals surface area contributed by atoms with Crippen LogP contribution in [0.4, 0.5) is 17.6 Å². The Balaban J connectivity index is 1.66. The number of rotatable bonds is 7. The van der Waals surface area contributed by atoms with Gasteiger partial charge in [0, 0.05) is 42.3 Å². The van der Waals surface area contributed by atoms with Crippen LogP contribution < -0.4 is 20.7 Å². The standard InChI is InChI=1S/C22H21N7O2/c1-23-21-26-9-6-18(28-21)15-10-14-4-5-16(31-2)12-17(14)19(11-15)27-13-20(30)29-22-24-7-3-8-25-22/h3-12,27H,13H2,1-2H3,(H,23,26,28)(H,24,25,29,30). The van der Waals surface area contributed by atoms with E-state index in [0.717, 1.165) is 33.5 Å². The predicted octanol–water partition coefficient (Wildman–Crippen LogP) is 3.19. The SMILES string of the molecule is CNc1nccc(-c2cc(NCC(=O)Nc3ncccn3)c3cc(OC)ccc3c2)n1. The van der Waals surface area contributed by atoms with Gasteiger partial charge in [0.25, 0.3) is 0 Å². The first kappa shape index (κ1) is 20.0. The van der Waals surface area contributed by atoms with E-state index in [1.807, 2.05) is 36.4 Å². The van der Waals surface area contributed by atoms with Gasteiger partial charge in [0.1, 0.15) is 5.75 Å². The fourth-order valence-electron chi connectivity index (χ4n) is 3.11. The first-order valence-corrected chi connectivity index (χ1v) is 9.60. The molecule has 0 saturated heterocycles. The molecule has 31 heavy (non-hydrogen) atoms. The van der Waals surface area contributed by atoms with Crippen molar-refractivity contribution >= 4 is 34.3 Å². The summed E-state index contributed by atoms with van der Waals surface area (Å²) in [6, 6.07) is 13.3. The molecule has 0 radical (unpaired) electrons. The molecule has 0 spiro atoms. The Morgan fingerprint density at radius 1 is 1.00 bits per heavy atom. The number of benzene rings is 2. The third kappa shape index (κ3) is 4.67. The van der Waals surface area contributed by atoms with Crippen molar-refractivity contribution in [3.05, 3.63) is 61.1 Å². The molecular formula is C22H21N7O2. The molecule has 3 N–H and O–H groups in total. The molecule has 0 saturated carbocycles. The number of amides is 1. The van der Waals surface area contributed by atoms with E-state index in [-0.39, 0.29) is 18.4 Å². The third-order valence-corrected chi connectivity index (χ3v) is 4.59. The lowest BCUT2D eigenvalue weighted by atomic mass is 10.0. The van der Waals surface area contributed by atoms with Crippen molar-refractivity contribution in [2.75, 3.05) is 36.7 Å². The van der Waals surface area contributed by atoms with E-state index in [1.54, 1.807) is 38.8 Å². The maximum atomic E-state index is 12.4. The number of methoxy groups -OCH3 is 1. The molecule has 9 nitrogen and oxygen atoms in total. The molecule has 2 aromatic heterocycles. The van der Waals surface area contributed by atoms with E-state index >= 15 is 0 Å². The third-order valence-electron chi connectivity index (χ3n) is 4.59. The number of hydrogen-bond donors (Lipinski definition) is 3. The molecular weight excluding hydrogens is 394 g/mol. The highest BCUT2D eigenvalue weighted by molar-refractivity contribution is 6.00. The van der Waals surface area contributed by atoms with E-state index in [9.17, 15) is 4.79 Å². The van der Waals surface area contributed by atoms with Crippen molar-refractivity contribution in [2.24, 2.45) is 0 Å². The first-order chi connectivity index (χ1) is 15.2. The highest BCUT2D eigenvalue weighted by Crippen LogP contribution is 2.33. The Labute approximate surface area is 178 Å². The van der Waals surface area contributed by atoms with Crippen molar-refractivity contribution in [2.45, 2.75) is 0 Å². The first-order valence-electron chi connectivity index (χ1n) is 9.60. The predicted molar refractivity (Wildman–Crippen MR) is 120 cm³/mol. The average Bonchev–Trinajstić information content (AvgIpc) is 2.82. The Hall–Kier alpha value is -4.27. The highest BCUT2D eigenvalue weighted by Gasteiger charge is 2.11. The number of nitrogens with one attached hydrogen (secondary N) is 3. The largest absolute Gasteiger partial charge is 0.497 e. The smallest absolute Gasteiger partial charge is 0.246 e. The number of anilines is 3. The summed E-state index contributed by atoms with van der Waals surface area (Å²) in [5, 5.41) is 10.7. The number of ether oxygens (including phenoxy) is 1. The van der Waals surface area contributed by atoms with Gasteiger partial charge in [0.05, 0.1) is 19.3 Å². The summed E-state index contributed by atoms with van der Waals surface area (Å²) in [6.07, 6.45) is 4.84. The number of carbonyl (C=O) groups is 1. The molecule has 4 aromatic rings. The zero-order valence-electron chi connectivity index (χ0n) is 17.1. The molecule has 1 amide bonds. The molecule has 2 heterocycles. The van der Waals surface area contributed by atoms with E-state index in [4.69, 9.17) is 4.74 Å². The second-order valence-corrected chi connectivity index (χ2v) is 6.60. The van der Waals surface area contributed by atoms with Crippen LogP contribution in [0.5, 0.6) is 5.75 Å². The Morgan fingerprint density at radius 2 is 1.81 bits per heavy atom. The van der Waals surface area contributed by atoms with E-state index < -0.39 is 0 Å². The van der Waals surface area contributed by atoms with Crippen LogP contribution in [0.1, 0.15) is 0 Å². The van der Waals surface area contributed by atoms with Gasteiger partial charge < -0.3 is 15.4 Å². The molecule has 0 unspecified atom stereocenters. The van der Waals surface area contributed by atoms with E-state index in [1.165, 1.54) is 0 Å². The van der Waals surface area contributed by atoms with Gasteiger partial charge in [0.2, 0.25) is 17.8 Å². The molecule has 9 heteroatoms. The Bertz CT molecular complexity index is 1220. The molecule has 0 aliphatic carbocycles. The monoisotopic (exact) mass is 415 g/mol. The van der Waals surface area contributed by atoms with Gasteiger partial charge in [-0.1, -0.05) is 6.07 Å². The van der Waals surface area contributed by atoms with E-state index in [0.29, 0.717) is 5.95 Å². The summed E-state index contributed by atoms with van der Waals surface area (Å²) >= 11 is 0. The summed E-state index contributed by atoms with van der Waals surface area (Å²) < 4.78 is 5.37. The fraction of sp³-hybridized carbons (Fsp3) is 0.136. The summed E-state index contributed by atoms with van der Waals surface area (Å²) in [4.78, 5) is 29.1. The minimum Gasteiger partial charge on any atom is -0.497 e. The summed E-state index contributed by atoms with van der Waals surface area (Å²) in [6.45, 7) is 0.0412. The molecule has 0 bridgehead atoms. The van der Waals surface area contributed by atoms with Crippen LogP contribution in [0.3, 0.4) is 0 Å². The average molecular weight is 415 g/mol. The molecule has 0 aliphatic heterocycles. The quantitative estimate of drug-likeness (QED) is 0.422. The number of hydrogen-bond acceptors (Lipinski definition) is 8. The van der Waals surface area contributed by atoms with Gasteiger partial charge in [-0.15, -0.1) is 0 Å². The van der Waals surface area contributed by atoms with Crippen LogP contribution in [-0.4, -0.2) is 46.5 Å². The molecule has 4 rings (SSSR count). The van der Waals surface area contributed by atoms with Crippen molar-refractivity contribution < 1.29 is 9.53 Å². The lowest BCUT2D eigenvalue weighted by molar-refractivity contribution is -0.114. The van der Waals surface area contributed by atoms with Gasteiger partial charge in [0.15, 0.2) is 0 Å². The molecule has 156 valence electrons. The summed E-state index contributed by atoms with van der Waals surface area (Å²) in [5.41, 5.74) is 2.44. The van der Waals surface area contributed by atoms with Gasteiger partial charge >= 0.3 is 0 Å². The van der Waals surface area contributed by atoms with Gasteiger partial charge in [-0.25, -0.2) is 19.9 Å². The highest BCUT2D eigenvalue weighted by atomic mass is 16.5. The van der Waals surface area contributed by atoms with Gasteiger partial charge in [-0.05, 0) is 41.8 Å². The molecule has 2 aromatic carbocycles. The number of aromatic nitrogens is 4. The van der Waals surface area contributed by atoms with Gasteiger partial charge in [-0.2, -0.15) is 0 Å². The maximum Gasteiger partial charge on any atom is 0.246 e. The normalized spacial score (nSPS) is 10.5. The fourth-order valence-corrected chi connectivity index (χ4v) is 3.11. The van der Waals surface area contributed by atoms with Crippen LogP contribution in [-0.2, 0) is 4.79 Å².